The van der Waals surface area contributed by atoms with Gasteiger partial charge in [-0.25, -0.2) is 13.2 Å². The van der Waals surface area contributed by atoms with Crippen LogP contribution in [0.25, 0.3) is 0 Å². The second kappa shape index (κ2) is 9.16. The molecule has 0 aromatic heterocycles. The molecule has 1 aliphatic rings. The first-order chi connectivity index (χ1) is 15.0. The van der Waals surface area contributed by atoms with Crippen molar-refractivity contribution < 1.29 is 22.7 Å². The molecule has 0 unspecified atom stereocenters. The third-order valence-electron chi connectivity index (χ3n) is 5.24. The highest BCUT2D eigenvalue weighted by atomic mass is 32.2. The lowest BCUT2D eigenvalue weighted by atomic mass is 9.87. The van der Waals surface area contributed by atoms with Gasteiger partial charge in [-0.15, -0.1) is 0 Å². The van der Waals surface area contributed by atoms with Crippen molar-refractivity contribution in [2.45, 2.75) is 44.0 Å². The first-order valence-corrected chi connectivity index (χ1v) is 11.9. The third kappa shape index (κ3) is 5.19. The number of urea groups is 1. The average Bonchev–Trinajstić information content (AvgIpc) is 2.73. The summed E-state index contributed by atoms with van der Waals surface area (Å²) in [6.45, 7) is 7.91. The minimum atomic E-state index is -3.94. The molecule has 2 aromatic rings. The molecule has 2 amide bonds. The Kier molecular flexibility index (Phi) is 6.74. The summed E-state index contributed by atoms with van der Waals surface area (Å²) >= 11 is 0. The van der Waals surface area contributed by atoms with Gasteiger partial charge in [-0.1, -0.05) is 63.2 Å². The third-order valence-corrected chi connectivity index (χ3v) is 6.74. The lowest BCUT2D eigenvalue weighted by molar-refractivity contribution is -0.147. The van der Waals surface area contributed by atoms with Gasteiger partial charge < -0.3 is 15.4 Å². The van der Waals surface area contributed by atoms with Gasteiger partial charge in [0.05, 0.1) is 23.0 Å². The maximum atomic E-state index is 13.1. The molecule has 2 N–H and O–H groups in total. The van der Waals surface area contributed by atoms with Gasteiger partial charge in [0, 0.05) is 5.70 Å². The lowest BCUT2D eigenvalue weighted by Gasteiger charge is -2.33. The Morgan fingerprint density at radius 3 is 2.25 bits per heavy atom. The van der Waals surface area contributed by atoms with Crippen molar-refractivity contribution >= 4 is 21.8 Å². The fraction of sp³-hybridized carbons (Fsp3) is 0.333. The Morgan fingerprint density at radius 2 is 1.69 bits per heavy atom. The smallest absolute Gasteiger partial charge is 0.319 e. The Hall–Kier alpha value is -3.13. The summed E-state index contributed by atoms with van der Waals surface area (Å²) in [5.41, 5.74) is 1.51. The Labute approximate surface area is 188 Å². The monoisotopic (exact) mass is 456 g/mol. The minimum absolute atomic E-state index is 0.0269. The van der Waals surface area contributed by atoms with E-state index >= 15 is 0 Å². The summed E-state index contributed by atoms with van der Waals surface area (Å²) in [4.78, 5) is 25.3. The van der Waals surface area contributed by atoms with Crippen molar-refractivity contribution in [1.29, 1.82) is 0 Å². The van der Waals surface area contributed by atoms with E-state index in [1.165, 1.54) is 12.1 Å². The van der Waals surface area contributed by atoms with E-state index in [9.17, 15) is 18.0 Å². The van der Waals surface area contributed by atoms with E-state index in [-0.39, 0.29) is 22.6 Å². The Bertz CT molecular complexity index is 1120. The predicted octanol–water partition coefficient (Wildman–Crippen LogP) is 3.83. The van der Waals surface area contributed by atoms with E-state index < -0.39 is 33.8 Å². The van der Waals surface area contributed by atoms with Crippen LogP contribution in [-0.4, -0.2) is 27.0 Å². The Morgan fingerprint density at radius 1 is 1.06 bits per heavy atom. The summed E-state index contributed by atoms with van der Waals surface area (Å²) in [6.07, 6.45) is 0. The summed E-state index contributed by atoms with van der Waals surface area (Å²) < 4.78 is 31.5. The number of sulfone groups is 1. The molecule has 0 bridgehead atoms. The molecule has 170 valence electrons. The Balaban J connectivity index is 2.05. The molecule has 3 rings (SSSR count). The van der Waals surface area contributed by atoms with Crippen molar-refractivity contribution in [2.24, 2.45) is 5.92 Å². The number of carbonyl (C=O) groups is 2. The molecule has 1 fully saturated rings. The van der Waals surface area contributed by atoms with E-state index in [4.69, 9.17) is 4.74 Å². The number of ether oxygens (including phenoxy) is 1. The molecule has 0 spiro atoms. The van der Waals surface area contributed by atoms with Crippen LogP contribution < -0.4 is 10.6 Å². The highest BCUT2D eigenvalue weighted by Gasteiger charge is 2.40. The van der Waals surface area contributed by atoms with Gasteiger partial charge in [0.2, 0.25) is 9.84 Å². The maximum Gasteiger partial charge on any atom is 0.319 e. The van der Waals surface area contributed by atoms with Gasteiger partial charge in [-0.3, -0.25) is 4.79 Å². The highest BCUT2D eigenvalue weighted by Crippen LogP contribution is 2.32. The quantitative estimate of drug-likeness (QED) is 0.666. The van der Waals surface area contributed by atoms with Gasteiger partial charge in [-0.05, 0) is 35.6 Å². The number of hydrogen-bond donors (Lipinski definition) is 2. The van der Waals surface area contributed by atoms with Gasteiger partial charge in [0.1, 0.15) is 5.92 Å². The molecule has 1 heterocycles. The number of carbonyl (C=O) groups excluding carboxylic acids is 2. The predicted molar refractivity (Wildman–Crippen MR) is 121 cm³/mol. The van der Waals surface area contributed by atoms with Crippen LogP contribution in [0.1, 0.15) is 44.9 Å². The topological polar surface area (TPSA) is 102 Å². The van der Waals surface area contributed by atoms with Gasteiger partial charge >= 0.3 is 12.0 Å². The highest BCUT2D eigenvalue weighted by molar-refractivity contribution is 7.94. The first kappa shape index (κ1) is 23.5. The SMILES string of the molecule is CCOC(=O)[C@H]1/C(=C\S(=O)(=O)c2ccc(C(C)(C)C)cc2)NC(=O)N[C@@H]1c1ccccc1. The van der Waals surface area contributed by atoms with E-state index in [0.717, 1.165) is 11.0 Å². The maximum absolute atomic E-state index is 13.1. The lowest BCUT2D eigenvalue weighted by Crippen LogP contribution is -2.51. The molecule has 0 saturated carbocycles. The van der Waals surface area contributed by atoms with Crippen LogP contribution >= 0.6 is 0 Å². The van der Waals surface area contributed by atoms with Crippen LogP contribution in [0.2, 0.25) is 0 Å². The molecular weight excluding hydrogens is 428 g/mol. The summed E-state index contributed by atoms with van der Waals surface area (Å²) in [6, 6.07) is 14.1. The molecule has 0 radical (unpaired) electrons. The zero-order valence-corrected chi connectivity index (χ0v) is 19.4. The van der Waals surface area contributed by atoms with Gasteiger partial charge in [0.15, 0.2) is 0 Å². The fourth-order valence-electron chi connectivity index (χ4n) is 3.56. The first-order valence-electron chi connectivity index (χ1n) is 10.4. The molecule has 0 aliphatic carbocycles. The zero-order chi connectivity index (χ0) is 23.5. The zero-order valence-electron chi connectivity index (χ0n) is 18.6. The number of hydrogen-bond acceptors (Lipinski definition) is 5. The van der Waals surface area contributed by atoms with Crippen LogP contribution in [0.4, 0.5) is 4.79 Å². The van der Waals surface area contributed by atoms with Crippen LogP contribution in [0.5, 0.6) is 0 Å². The molecule has 1 saturated heterocycles. The van der Waals surface area contributed by atoms with Crippen molar-refractivity contribution in [3.63, 3.8) is 0 Å². The molecule has 32 heavy (non-hydrogen) atoms. The second-order valence-electron chi connectivity index (χ2n) is 8.61. The molecule has 2 atom stereocenters. The largest absolute Gasteiger partial charge is 0.465 e. The number of amides is 2. The van der Waals surface area contributed by atoms with Crippen molar-refractivity contribution in [3.05, 3.63) is 76.8 Å². The number of rotatable bonds is 5. The van der Waals surface area contributed by atoms with E-state index in [1.807, 2.05) is 26.8 Å². The van der Waals surface area contributed by atoms with Crippen LogP contribution in [0, 0.1) is 5.92 Å². The number of esters is 1. The van der Waals surface area contributed by atoms with Crippen molar-refractivity contribution in [2.75, 3.05) is 6.61 Å². The average molecular weight is 457 g/mol. The molecule has 8 heteroatoms. The standard InChI is InChI=1S/C24H28N2O5S/c1-5-31-22(27)20-19(25-23(28)26-21(20)16-9-7-6-8-10-16)15-32(29,30)18-13-11-17(12-14-18)24(2,3)4/h6-15,20-21H,5H2,1-4H3,(H2,25,26,28)/b19-15+/t20-,21+/m0/s1. The van der Waals surface area contributed by atoms with E-state index in [1.54, 1.807) is 43.3 Å². The van der Waals surface area contributed by atoms with Crippen molar-refractivity contribution in [1.82, 2.24) is 10.6 Å². The second-order valence-corrected chi connectivity index (χ2v) is 10.4. The molecular formula is C24H28N2O5S. The number of nitrogens with one attached hydrogen (secondary N) is 2. The number of benzene rings is 2. The van der Waals surface area contributed by atoms with Crippen LogP contribution in [0.15, 0.2) is 70.6 Å². The summed E-state index contributed by atoms with van der Waals surface area (Å²) in [5.74, 6) is -1.67. The van der Waals surface area contributed by atoms with Gasteiger partial charge in [0.25, 0.3) is 0 Å². The minimum Gasteiger partial charge on any atom is -0.465 e. The molecule has 2 aromatic carbocycles. The van der Waals surface area contributed by atoms with E-state index in [2.05, 4.69) is 10.6 Å². The normalized spacial score (nSPS) is 20.4. The fourth-order valence-corrected chi connectivity index (χ4v) is 4.75. The molecule has 7 nitrogen and oxygen atoms in total. The summed E-state index contributed by atoms with van der Waals surface area (Å²) in [5, 5.41) is 6.17. The van der Waals surface area contributed by atoms with Crippen LogP contribution in [0.3, 0.4) is 0 Å². The van der Waals surface area contributed by atoms with E-state index in [0.29, 0.717) is 5.56 Å². The molecule has 1 aliphatic heterocycles. The summed E-state index contributed by atoms with van der Waals surface area (Å²) in [7, 11) is -3.94. The van der Waals surface area contributed by atoms with Crippen LogP contribution in [-0.2, 0) is 24.8 Å². The van der Waals surface area contributed by atoms with Gasteiger partial charge in [-0.2, -0.15) is 0 Å². The van der Waals surface area contributed by atoms with Crippen molar-refractivity contribution in [3.8, 4) is 0 Å².